The third-order valence-corrected chi connectivity index (χ3v) is 4.36. The van der Waals surface area contributed by atoms with Crippen molar-refractivity contribution in [3.63, 3.8) is 0 Å². The van der Waals surface area contributed by atoms with E-state index in [4.69, 9.17) is 4.74 Å². The zero-order valence-electron chi connectivity index (χ0n) is 14.9. The summed E-state index contributed by atoms with van der Waals surface area (Å²) >= 11 is 3.37. The van der Waals surface area contributed by atoms with Crippen LogP contribution in [0.25, 0.3) is 0 Å². The largest absolute Gasteiger partial charge is 0.488 e. The van der Waals surface area contributed by atoms with Gasteiger partial charge in [0.1, 0.15) is 18.2 Å². The highest BCUT2D eigenvalue weighted by Gasteiger charge is 2.29. The maximum Gasteiger partial charge on any atom is 0.416 e. The molecule has 0 atom stereocenters. The van der Waals surface area contributed by atoms with E-state index in [1.165, 1.54) is 30.5 Å². The number of hydrogen-bond acceptors (Lipinski definition) is 3. The summed E-state index contributed by atoms with van der Waals surface area (Å²) < 4.78 is 57.7. The van der Waals surface area contributed by atoms with Crippen LogP contribution in [0.5, 0.6) is 5.75 Å². The Hall–Kier alpha value is -2.87. The molecule has 0 saturated carbocycles. The quantitative estimate of drug-likeness (QED) is 0.251. The minimum Gasteiger partial charge on any atom is -0.488 e. The average Bonchev–Trinajstić information content (AvgIpc) is 2.67. The number of benzene rings is 3. The zero-order chi connectivity index (χ0) is 20.9. The van der Waals surface area contributed by atoms with Gasteiger partial charge < -0.3 is 4.74 Å². The molecule has 0 bridgehead atoms. The molecule has 0 saturated heterocycles. The number of ether oxygens (including phenoxy) is 1. The zero-order valence-corrected chi connectivity index (χ0v) is 16.5. The summed E-state index contributed by atoms with van der Waals surface area (Å²) in [6.45, 7) is 0.173. The number of rotatable bonds is 6. The summed E-state index contributed by atoms with van der Waals surface area (Å²) in [5.74, 6) is 0.180. The van der Waals surface area contributed by atoms with Gasteiger partial charge in [0.25, 0.3) is 0 Å². The molecule has 0 aliphatic carbocycles. The molecule has 0 heterocycles. The van der Waals surface area contributed by atoms with Crippen LogP contribution in [0.4, 0.5) is 23.2 Å². The predicted octanol–water partition coefficient (Wildman–Crippen LogP) is 6.63. The molecular weight excluding hydrogens is 452 g/mol. The van der Waals surface area contributed by atoms with E-state index in [2.05, 4.69) is 26.5 Å². The lowest BCUT2D eigenvalue weighted by Gasteiger charge is -2.10. The first-order valence-corrected chi connectivity index (χ1v) is 9.24. The normalized spacial score (nSPS) is 11.6. The van der Waals surface area contributed by atoms with Gasteiger partial charge in [-0.3, -0.25) is 5.43 Å². The van der Waals surface area contributed by atoms with Crippen LogP contribution in [0, 0.1) is 5.82 Å². The number of alkyl halides is 3. The lowest BCUT2D eigenvalue weighted by molar-refractivity contribution is -0.137. The van der Waals surface area contributed by atoms with Gasteiger partial charge in [-0.2, -0.15) is 18.3 Å². The van der Waals surface area contributed by atoms with Gasteiger partial charge in [0, 0.05) is 10.0 Å². The van der Waals surface area contributed by atoms with E-state index in [1.54, 1.807) is 30.3 Å². The minimum atomic E-state index is -4.38. The second-order valence-corrected chi connectivity index (χ2v) is 6.96. The molecule has 0 radical (unpaired) electrons. The molecule has 1 N–H and O–H groups in total. The van der Waals surface area contributed by atoms with Crippen molar-refractivity contribution >= 4 is 27.8 Å². The van der Waals surface area contributed by atoms with E-state index in [9.17, 15) is 17.6 Å². The topological polar surface area (TPSA) is 33.6 Å². The van der Waals surface area contributed by atoms with E-state index < -0.39 is 11.7 Å². The fourth-order valence-corrected chi connectivity index (χ4v) is 2.83. The van der Waals surface area contributed by atoms with Gasteiger partial charge >= 0.3 is 6.18 Å². The van der Waals surface area contributed by atoms with Crippen molar-refractivity contribution in [2.24, 2.45) is 5.10 Å². The Balaban J connectivity index is 1.69. The lowest BCUT2D eigenvalue weighted by atomic mass is 10.2. The van der Waals surface area contributed by atoms with Crippen LogP contribution in [0.15, 0.2) is 76.3 Å². The van der Waals surface area contributed by atoms with Gasteiger partial charge in [0.15, 0.2) is 0 Å². The van der Waals surface area contributed by atoms with Crippen molar-refractivity contribution < 1.29 is 22.3 Å². The van der Waals surface area contributed by atoms with Crippen LogP contribution in [-0.2, 0) is 12.8 Å². The Kier molecular flexibility index (Phi) is 6.53. The maximum absolute atomic E-state index is 13.3. The monoisotopic (exact) mass is 466 g/mol. The highest BCUT2D eigenvalue weighted by Crippen LogP contribution is 2.30. The van der Waals surface area contributed by atoms with Gasteiger partial charge in [-0.1, -0.05) is 28.1 Å². The molecular formula is C21H15BrF4N2O. The molecule has 29 heavy (non-hydrogen) atoms. The highest BCUT2D eigenvalue weighted by molar-refractivity contribution is 9.10. The molecule has 0 unspecified atom stereocenters. The Morgan fingerprint density at radius 2 is 1.76 bits per heavy atom. The molecule has 0 aromatic heterocycles. The number of halogens is 5. The number of hydrogen-bond donors (Lipinski definition) is 1. The molecule has 3 nitrogen and oxygen atoms in total. The number of anilines is 1. The molecule has 0 aliphatic rings. The number of nitrogens with one attached hydrogen (secondary N) is 1. The second-order valence-electron chi connectivity index (χ2n) is 6.05. The molecule has 0 spiro atoms. The molecule has 0 fully saturated rings. The number of hydrazone groups is 1. The van der Waals surface area contributed by atoms with Crippen molar-refractivity contribution in [3.05, 3.63) is 93.7 Å². The molecule has 8 heteroatoms. The molecule has 3 rings (SSSR count). The third kappa shape index (κ3) is 6.05. The standard InChI is InChI=1S/C21H15BrF4N2O/c22-17-6-9-20(29-13-14-2-1-3-18(23)10-14)15(11-17)12-27-28-19-7-4-16(5-8-19)21(24,25)26/h1-12,28H,13H2/b27-12+. The molecule has 3 aromatic carbocycles. The van der Waals surface area contributed by atoms with Crippen LogP contribution in [0.1, 0.15) is 16.7 Å². The van der Waals surface area contributed by atoms with Gasteiger partial charge in [-0.15, -0.1) is 0 Å². The van der Waals surface area contributed by atoms with Gasteiger partial charge in [-0.25, -0.2) is 4.39 Å². The van der Waals surface area contributed by atoms with Crippen LogP contribution in [0.2, 0.25) is 0 Å². The first kappa shape index (κ1) is 20.9. The van der Waals surface area contributed by atoms with Gasteiger partial charge in [0.05, 0.1) is 17.5 Å². The van der Waals surface area contributed by atoms with E-state index in [0.29, 0.717) is 22.6 Å². The van der Waals surface area contributed by atoms with Crippen LogP contribution in [-0.4, -0.2) is 6.21 Å². The Labute approximate surface area is 173 Å². The lowest BCUT2D eigenvalue weighted by Crippen LogP contribution is -2.04. The third-order valence-electron chi connectivity index (χ3n) is 3.86. The smallest absolute Gasteiger partial charge is 0.416 e. The minimum absolute atomic E-state index is 0.173. The Morgan fingerprint density at radius 1 is 1.00 bits per heavy atom. The summed E-state index contributed by atoms with van der Waals surface area (Å²) in [7, 11) is 0. The van der Waals surface area contributed by atoms with Crippen molar-refractivity contribution in [1.82, 2.24) is 0 Å². The fourth-order valence-electron chi connectivity index (χ4n) is 2.45. The van der Waals surface area contributed by atoms with Crippen molar-refractivity contribution in [3.8, 4) is 5.75 Å². The summed E-state index contributed by atoms with van der Waals surface area (Å²) in [4.78, 5) is 0. The second kappa shape index (κ2) is 9.09. The van der Waals surface area contributed by atoms with E-state index in [0.717, 1.165) is 16.6 Å². The Bertz CT molecular complexity index is 1000. The summed E-state index contributed by atoms with van der Waals surface area (Å²) in [5.41, 5.74) is 3.67. The first-order chi connectivity index (χ1) is 13.8. The predicted molar refractivity (Wildman–Crippen MR) is 108 cm³/mol. The van der Waals surface area contributed by atoms with Crippen molar-refractivity contribution in [2.45, 2.75) is 12.8 Å². The average molecular weight is 467 g/mol. The van der Waals surface area contributed by atoms with Crippen LogP contribution >= 0.6 is 15.9 Å². The molecule has 0 aliphatic heterocycles. The molecule has 3 aromatic rings. The van der Waals surface area contributed by atoms with Crippen LogP contribution < -0.4 is 10.2 Å². The van der Waals surface area contributed by atoms with Gasteiger partial charge in [0.2, 0.25) is 0 Å². The first-order valence-electron chi connectivity index (χ1n) is 8.44. The van der Waals surface area contributed by atoms with Crippen LogP contribution in [0.3, 0.4) is 0 Å². The molecule has 0 amide bonds. The van der Waals surface area contributed by atoms with Crippen molar-refractivity contribution in [1.29, 1.82) is 0 Å². The summed E-state index contributed by atoms with van der Waals surface area (Å²) in [6, 6.07) is 15.9. The van der Waals surface area contributed by atoms with E-state index in [-0.39, 0.29) is 12.4 Å². The van der Waals surface area contributed by atoms with E-state index >= 15 is 0 Å². The van der Waals surface area contributed by atoms with Crippen molar-refractivity contribution in [2.75, 3.05) is 5.43 Å². The number of nitrogens with zero attached hydrogens (tertiary/aromatic N) is 1. The maximum atomic E-state index is 13.3. The van der Waals surface area contributed by atoms with Gasteiger partial charge in [-0.05, 0) is 60.2 Å². The summed E-state index contributed by atoms with van der Waals surface area (Å²) in [5, 5.41) is 4.06. The molecule has 150 valence electrons. The van der Waals surface area contributed by atoms with E-state index in [1.807, 2.05) is 0 Å². The SMILES string of the molecule is Fc1cccc(COc2ccc(Br)cc2/C=N/Nc2ccc(C(F)(F)F)cc2)c1. The summed E-state index contributed by atoms with van der Waals surface area (Å²) in [6.07, 6.45) is -2.89. The fraction of sp³-hybridized carbons (Fsp3) is 0.0952. The highest BCUT2D eigenvalue weighted by atomic mass is 79.9. The Morgan fingerprint density at radius 3 is 2.45 bits per heavy atom.